The van der Waals surface area contributed by atoms with Crippen LogP contribution < -0.4 is 0 Å². The zero-order valence-electron chi connectivity index (χ0n) is 16.5. The van der Waals surface area contributed by atoms with Gasteiger partial charge in [0, 0.05) is 0 Å². The first-order chi connectivity index (χ1) is 13.6. The molecule has 4 rings (SSSR count). The first-order valence-corrected chi connectivity index (χ1v) is 9.85. The molecule has 150 valence electrons. The molecule has 2 fully saturated rings. The minimum Gasteiger partial charge on any atom is -0.374 e. The van der Waals surface area contributed by atoms with Crippen LogP contribution in [0, 0.1) is 0 Å². The van der Waals surface area contributed by atoms with Crippen LogP contribution in [0.4, 0.5) is 0 Å². The quantitative estimate of drug-likeness (QED) is 0.694. The number of rotatable bonds is 8. The van der Waals surface area contributed by atoms with Crippen molar-refractivity contribution in [1.82, 2.24) is 0 Å². The zero-order chi connectivity index (χ0) is 19.4. The van der Waals surface area contributed by atoms with Gasteiger partial charge in [0.15, 0.2) is 5.79 Å². The van der Waals surface area contributed by atoms with E-state index in [-0.39, 0.29) is 24.4 Å². The van der Waals surface area contributed by atoms with Gasteiger partial charge in [0.25, 0.3) is 0 Å². The Labute approximate surface area is 166 Å². The molecular formula is C23H28O5. The average Bonchev–Trinajstić information content (AvgIpc) is 3.17. The fourth-order valence-corrected chi connectivity index (χ4v) is 3.77. The average molecular weight is 384 g/mol. The van der Waals surface area contributed by atoms with Crippen LogP contribution in [0.3, 0.4) is 0 Å². The van der Waals surface area contributed by atoms with E-state index < -0.39 is 5.79 Å². The summed E-state index contributed by atoms with van der Waals surface area (Å²) in [6, 6.07) is 20.3. The lowest BCUT2D eigenvalue weighted by atomic mass is 10.1. The van der Waals surface area contributed by atoms with Crippen LogP contribution in [0.2, 0.25) is 0 Å². The molecule has 28 heavy (non-hydrogen) atoms. The summed E-state index contributed by atoms with van der Waals surface area (Å²) >= 11 is 0. The molecule has 0 radical (unpaired) electrons. The van der Waals surface area contributed by atoms with Gasteiger partial charge in [0.2, 0.25) is 0 Å². The molecular weight excluding hydrogens is 356 g/mol. The summed E-state index contributed by atoms with van der Waals surface area (Å²) in [5.74, 6) is -0.617. The van der Waals surface area contributed by atoms with Crippen molar-refractivity contribution in [2.45, 2.75) is 57.3 Å². The van der Waals surface area contributed by atoms with Gasteiger partial charge in [0.05, 0.1) is 26.4 Å². The number of fused-ring (bicyclic) bond motifs is 1. The van der Waals surface area contributed by atoms with E-state index in [2.05, 4.69) is 24.3 Å². The van der Waals surface area contributed by atoms with Crippen molar-refractivity contribution in [3.63, 3.8) is 0 Å². The van der Waals surface area contributed by atoms with E-state index in [9.17, 15) is 0 Å². The highest BCUT2D eigenvalue weighted by Gasteiger charge is 2.55. The highest BCUT2D eigenvalue weighted by molar-refractivity contribution is 5.14. The van der Waals surface area contributed by atoms with E-state index in [1.807, 2.05) is 50.2 Å². The number of hydrogen-bond donors (Lipinski definition) is 0. The maximum atomic E-state index is 6.20. The molecule has 0 aromatic heterocycles. The number of hydrogen-bond acceptors (Lipinski definition) is 5. The Morgan fingerprint density at radius 2 is 1.14 bits per heavy atom. The van der Waals surface area contributed by atoms with Crippen molar-refractivity contribution in [1.29, 1.82) is 0 Å². The van der Waals surface area contributed by atoms with Crippen LogP contribution in [-0.2, 0) is 36.9 Å². The second-order valence-electron chi connectivity index (χ2n) is 7.78. The summed E-state index contributed by atoms with van der Waals surface area (Å²) in [5.41, 5.74) is 2.28. The third-order valence-corrected chi connectivity index (χ3v) is 5.03. The molecule has 4 atom stereocenters. The lowest BCUT2D eigenvalue weighted by molar-refractivity contribution is -0.197. The molecule has 2 heterocycles. The van der Waals surface area contributed by atoms with Gasteiger partial charge in [-0.1, -0.05) is 60.7 Å². The maximum absolute atomic E-state index is 6.20. The van der Waals surface area contributed by atoms with Gasteiger partial charge in [-0.2, -0.15) is 0 Å². The van der Waals surface area contributed by atoms with E-state index in [0.717, 1.165) is 11.1 Å². The van der Waals surface area contributed by atoms with E-state index in [1.54, 1.807) is 0 Å². The third-order valence-electron chi connectivity index (χ3n) is 5.03. The first-order valence-electron chi connectivity index (χ1n) is 9.85. The molecule has 2 aromatic rings. The van der Waals surface area contributed by atoms with Crippen LogP contribution >= 0.6 is 0 Å². The normalized spacial score (nSPS) is 28.4. The minimum atomic E-state index is -0.617. The van der Waals surface area contributed by atoms with Crippen molar-refractivity contribution in [3.8, 4) is 0 Å². The van der Waals surface area contributed by atoms with Crippen LogP contribution in [-0.4, -0.2) is 43.4 Å². The van der Waals surface area contributed by atoms with Gasteiger partial charge in [-0.05, 0) is 25.0 Å². The Balaban J connectivity index is 1.31. The van der Waals surface area contributed by atoms with E-state index in [1.165, 1.54) is 0 Å². The fourth-order valence-electron chi connectivity index (χ4n) is 3.77. The largest absolute Gasteiger partial charge is 0.374 e. The van der Waals surface area contributed by atoms with Gasteiger partial charge in [-0.15, -0.1) is 0 Å². The molecule has 0 unspecified atom stereocenters. The molecule has 2 aromatic carbocycles. The Hall–Kier alpha value is -1.76. The molecule has 5 nitrogen and oxygen atoms in total. The smallest absolute Gasteiger partial charge is 0.164 e. The summed E-state index contributed by atoms with van der Waals surface area (Å²) in [7, 11) is 0. The van der Waals surface area contributed by atoms with Gasteiger partial charge >= 0.3 is 0 Å². The fraction of sp³-hybridized carbons (Fsp3) is 0.478. The topological polar surface area (TPSA) is 46.2 Å². The predicted octanol–water partition coefficient (Wildman–Crippen LogP) is 3.71. The Bertz CT molecular complexity index is 672. The standard InChI is InChI=1S/C23H28O5/c1-23(2)27-21-19(15-24-13-17-9-5-3-6-10-17)26-20(22(21)28-23)16-25-14-18-11-7-4-8-12-18/h3-12,19-22H,13-16H2,1-2H3/t19-,20-,21-,22+/m1/s1. The summed E-state index contributed by atoms with van der Waals surface area (Å²) in [6.45, 7) is 5.91. The summed E-state index contributed by atoms with van der Waals surface area (Å²) in [5, 5.41) is 0. The van der Waals surface area contributed by atoms with Crippen LogP contribution in [0.15, 0.2) is 60.7 Å². The van der Waals surface area contributed by atoms with Crippen LogP contribution in [0.25, 0.3) is 0 Å². The predicted molar refractivity (Wildman–Crippen MR) is 105 cm³/mol. The van der Waals surface area contributed by atoms with Crippen molar-refractivity contribution < 1.29 is 23.7 Å². The lowest BCUT2D eigenvalue weighted by Crippen LogP contribution is -2.33. The SMILES string of the molecule is CC1(C)O[C@@H]2[C@H](O1)[C@@H](COCc1ccccc1)O[C@@H]2COCc1ccccc1. The van der Waals surface area contributed by atoms with Gasteiger partial charge < -0.3 is 23.7 Å². The van der Waals surface area contributed by atoms with Gasteiger partial charge in [-0.25, -0.2) is 0 Å². The highest BCUT2D eigenvalue weighted by Crippen LogP contribution is 2.39. The molecule has 0 bridgehead atoms. The van der Waals surface area contributed by atoms with Gasteiger partial charge in [0.1, 0.15) is 24.4 Å². The highest BCUT2D eigenvalue weighted by atomic mass is 16.8. The second kappa shape index (κ2) is 8.72. The van der Waals surface area contributed by atoms with Crippen molar-refractivity contribution in [2.75, 3.05) is 13.2 Å². The second-order valence-corrected chi connectivity index (χ2v) is 7.78. The van der Waals surface area contributed by atoms with Gasteiger partial charge in [-0.3, -0.25) is 0 Å². The molecule has 2 aliphatic rings. The molecule has 0 amide bonds. The molecule has 0 N–H and O–H groups in total. The molecule has 0 aliphatic carbocycles. The Morgan fingerprint density at radius 3 is 1.57 bits per heavy atom. The Kier molecular flexibility index (Phi) is 6.09. The van der Waals surface area contributed by atoms with E-state index in [4.69, 9.17) is 23.7 Å². The number of ether oxygens (including phenoxy) is 5. The molecule has 2 aliphatic heterocycles. The van der Waals surface area contributed by atoms with E-state index in [0.29, 0.717) is 26.4 Å². The molecule has 5 heteroatoms. The maximum Gasteiger partial charge on any atom is 0.164 e. The van der Waals surface area contributed by atoms with Crippen LogP contribution in [0.1, 0.15) is 25.0 Å². The van der Waals surface area contributed by atoms with Crippen molar-refractivity contribution in [2.24, 2.45) is 0 Å². The van der Waals surface area contributed by atoms with Crippen molar-refractivity contribution in [3.05, 3.63) is 71.8 Å². The molecule has 2 saturated heterocycles. The first kappa shape index (κ1) is 19.6. The lowest BCUT2D eigenvalue weighted by Gasteiger charge is -2.24. The summed E-state index contributed by atoms with van der Waals surface area (Å²) in [6.07, 6.45) is -0.617. The summed E-state index contributed by atoms with van der Waals surface area (Å²) < 4.78 is 30.2. The minimum absolute atomic E-state index is 0.143. The van der Waals surface area contributed by atoms with E-state index >= 15 is 0 Å². The number of benzene rings is 2. The summed E-state index contributed by atoms with van der Waals surface area (Å²) in [4.78, 5) is 0. The monoisotopic (exact) mass is 384 g/mol. The zero-order valence-corrected chi connectivity index (χ0v) is 16.5. The molecule has 0 spiro atoms. The van der Waals surface area contributed by atoms with Crippen molar-refractivity contribution >= 4 is 0 Å². The van der Waals surface area contributed by atoms with Crippen LogP contribution in [0.5, 0.6) is 0 Å². The third kappa shape index (κ3) is 4.80. The molecule has 0 saturated carbocycles. The Morgan fingerprint density at radius 1 is 0.714 bits per heavy atom.